The summed E-state index contributed by atoms with van der Waals surface area (Å²) in [5.41, 5.74) is 3.76. The average Bonchev–Trinajstić information content (AvgIpc) is 3.52. The Kier molecular flexibility index (Phi) is 6.79. The Morgan fingerprint density at radius 2 is 1.77 bits per heavy atom. The summed E-state index contributed by atoms with van der Waals surface area (Å²) in [7, 11) is 3.32. The van der Waals surface area contributed by atoms with Crippen molar-refractivity contribution in [1.29, 1.82) is 0 Å². The van der Waals surface area contributed by atoms with Gasteiger partial charge in [-0.25, -0.2) is 4.79 Å². The highest BCUT2D eigenvalue weighted by atomic mass is 32.1. The van der Waals surface area contributed by atoms with E-state index in [1.807, 2.05) is 12.1 Å². The third kappa shape index (κ3) is 4.92. The normalized spacial score (nSPS) is 14.9. The number of nitrogens with zero attached hydrogens (tertiary/aromatic N) is 2. The van der Waals surface area contributed by atoms with Gasteiger partial charge < -0.3 is 19.1 Å². The molecule has 1 fully saturated rings. The smallest absolute Gasteiger partial charge is 0.336 e. The third-order valence-electron chi connectivity index (χ3n) is 6.99. The number of piperidine rings is 1. The van der Waals surface area contributed by atoms with E-state index in [0.29, 0.717) is 23.8 Å². The summed E-state index contributed by atoms with van der Waals surface area (Å²) in [6, 6.07) is 15.8. The monoisotopic (exact) mass is 490 g/mol. The van der Waals surface area contributed by atoms with Gasteiger partial charge in [0.1, 0.15) is 11.5 Å². The quantitative estimate of drug-likeness (QED) is 0.336. The van der Waals surface area contributed by atoms with Crippen molar-refractivity contribution in [2.24, 2.45) is 0 Å². The van der Waals surface area contributed by atoms with Gasteiger partial charge in [0, 0.05) is 28.5 Å². The van der Waals surface area contributed by atoms with Crippen molar-refractivity contribution in [1.82, 2.24) is 9.47 Å². The van der Waals surface area contributed by atoms with Gasteiger partial charge in [0.2, 0.25) is 0 Å². The first-order valence-electron chi connectivity index (χ1n) is 11.9. The number of benzene rings is 2. The van der Waals surface area contributed by atoms with Crippen LogP contribution >= 0.6 is 11.3 Å². The molecule has 1 aliphatic rings. The van der Waals surface area contributed by atoms with Crippen LogP contribution < -0.4 is 9.47 Å². The van der Waals surface area contributed by atoms with E-state index in [9.17, 15) is 9.90 Å². The maximum Gasteiger partial charge on any atom is 0.336 e. The topological polar surface area (TPSA) is 63.9 Å². The molecule has 0 saturated carbocycles. The van der Waals surface area contributed by atoms with E-state index >= 15 is 0 Å². The minimum atomic E-state index is -0.898. The van der Waals surface area contributed by atoms with E-state index < -0.39 is 5.97 Å². The second-order valence-corrected chi connectivity index (χ2v) is 10.1. The average molecular weight is 491 g/mol. The number of carboxylic acid groups (broad SMARTS) is 1. The van der Waals surface area contributed by atoms with Crippen LogP contribution in [-0.4, -0.2) is 47.9 Å². The van der Waals surface area contributed by atoms with Crippen molar-refractivity contribution in [3.63, 3.8) is 0 Å². The number of aromatic carboxylic acids is 1. The zero-order valence-corrected chi connectivity index (χ0v) is 20.9. The van der Waals surface area contributed by atoms with Crippen LogP contribution in [0.4, 0.5) is 0 Å². The number of methoxy groups -OCH3 is 2. The zero-order valence-electron chi connectivity index (χ0n) is 20.1. The predicted molar refractivity (Wildman–Crippen MR) is 139 cm³/mol. The Balaban J connectivity index is 1.36. The minimum Gasteiger partial charge on any atom is -0.497 e. The molecule has 3 heterocycles. The molecule has 7 heteroatoms. The maximum atomic E-state index is 11.7. The number of hydrogen-bond acceptors (Lipinski definition) is 5. The fourth-order valence-electron chi connectivity index (χ4n) is 5.14. The summed E-state index contributed by atoms with van der Waals surface area (Å²) in [4.78, 5) is 15.4. The first-order valence-corrected chi connectivity index (χ1v) is 12.8. The van der Waals surface area contributed by atoms with Crippen LogP contribution in [0.5, 0.6) is 11.5 Å². The first-order chi connectivity index (χ1) is 17.1. The van der Waals surface area contributed by atoms with Gasteiger partial charge in [0.05, 0.1) is 26.3 Å². The van der Waals surface area contributed by atoms with Gasteiger partial charge in [-0.2, -0.15) is 0 Å². The van der Waals surface area contributed by atoms with Crippen LogP contribution in [0.25, 0.3) is 10.9 Å². The summed E-state index contributed by atoms with van der Waals surface area (Å²) < 4.78 is 13.2. The molecular formula is C28H30N2O4S. The molecular weight excluding hydrogens is 460 g/mol. The molecule has 1 aliphatic heterocycles. The van der Waals surface area contributed by atoms with Crippen molar-refractivity contribution in [2.45, 2.75) is 31.8 Å². The fraction of sp³-hybridized carbons (Fsp3) is 0.321. The van der Waals surface area contributed by atoms with Crippen molar-refractivity contribution in [2.75, 3.05) is 27.3 Å². The van der Waals surface area contributed by atoms with Gasteiger partial charge in [0.15, 0.2) is 0 Å². The summed E-state index contributed by atoms with van der Waals surface area (Å²) in [6.45, 7) is 3.32. The highest BCUT2D eigenvalue weighted by Crippen LogP contribution is 2.37. The molecule has 0 atom stereocenters. The molecule has 6 nitrogen and oxygen atoms in total. The SMILES string of the molecule is COc1ccc(C(=O)O)c(CN2CCC(c3cn(Cc4cccs4)c4ccc(OC)cc34)CC2)c1. The highest BCUT2D eigenvalue weighted by Gasteiger charge is 2.25. The summed E-state index contributed by atoms with van der Waals surface area (Å²) in [5, 5.41) is 13.0. The van der Waals surface area contributed by atoms with Crippen LogP contribution in [0.3, 0.4) is 0 Å². The molecule has 2 aromatic carbocycles. The van der Waals surface area contributed by atoms with Crippen LogP contribution in [-0.2, 0) is 13.1 Å². The molecule has 5 rings (SSSR count). The van der Waals surface area contributed by atoms with Gasteiger partial charge >= 0.3 is 5.97 Å². The van der Waals surface area contributed by atoms with Gasteiger partial charge in [0.25, 0.3) is 0 Å². The second kappa shape index (κ2) is 10.1. The van der Waals surface area contributed by atoms with E-state index in [1.165, 1.54) is 21.3 Å². The van der Waals surface area contributed by atoms with Crippen molar-refractivity contribution in [3.8, 4) is 11.5 Å². The Labute approximate surface area is 209 Å². The highest BCUT2D eigenvalue weighted by molar-refractivity contribution is 7.09. The number of fused-ring (bicyclic) bond motifs is 1. The lowest BCUT2D eigenvalue weighted by Crippen LogP contribution is -2.33. The molecule has 182 valence electrons. The zero-order chi connectivity index (χ0) is 24.4. The molecule has 0 unspecified atom stereocenters. The van der Waals surface area contributed by atoms with Crippen LogP contribution in [0.2, 0.25) is 0 Å². The van der Waals surface area contributed by atoms with Crippen molar-refractivity contribution in [3.05, 3.63) is 81.7 Å². The van der Waals surface area contributed by atoms with Gasteiger partial charge in [-0.3, -0.25) is 4.90 Å². The number of likely N-dealkylation sites (tertiary alicyclic amines) is 1. The molecule has 1 saturated heterocycles. The molecule has 0 spiro atoms. The molecule has 0 bridgehead atoms. The van der Waals surface area contributed by atoms with Crippen molar-refractivity contribution >= 4 is 28.2 Å². The van der Waals surface area contributed by atoms with Crippen molar-refractivity contribution < 1.29 is 19.4 Å². The standard InChI is InChI=1S/C28H30N2O4S/c1-33-21-5-7-24(28(31)32)20(14-21)16-29-11-9-19(10-12-29)26-18-30(17-23-4-3-13-35-23)27-8-6-22(34-2)15-25(26)27/h3-8,13-15,18-19H,9-12,16-17H2,1-2H3,(H,31,32). The number of thiophene rings is 1. The number of ether oxygens (including phenoxy) is 2. The van der Waals surface area contributed by atoms with E-state index in [-0.39, 0.29) is 0 Å². The Hall–Kier alpha value is -3.29. The minimum absolute atomic E-state index is 0.344. The predicted octanol–water partition coefficient (Wildman–Crippen LogP) is 5.85. The number of carboxylic acids is 1. The molecule has 0 aliphatic carbocycles. The molecule has 0 amide bonds. The van der Waals surface area contributed by atoms with Crippen LogP contribution in [0, 0.1) is 0 Å². The lowest BCUT2D eigenvalue weighted by atomic mass is 9.89. The molecule has 35 heavy (non-hydrogen) atoms. The largest absolute Gasteiger partial charge is 0.497 e. The van der Waals surface area contributed by atoms with E-state index in [1.54, 1.807) is 37.7 Å². The number of rotatable bonds is 8. The summed E-state index contributed by atoms with van der Waals surface area (Å²) >= 11 is 1.78. The number of carbonyl (C=O) groups is 1. The van der Waals surface area contributed by atoms with Crippen LogP contribution in [0.1, 0.15) is 45.1 Å². The van der Waals surface area contributed by atoms with Crippen LogP contribution in [0.15, 0.2) is 60.1 Å². The lowest BCUT2D eigenvalue weighted by Gasteiger charge is -2.32. The lowest BCUT2D eigenvalue weighted by molar-refractivity contribution is 0.0694. The summed E-state index contributed by atoms with van der Waals surface area (Å²) in [5.74, 6) is 1.12. The Morgan fingerprint density at radius 1 is 1.03 bits per heavy atom. The third-order valence-corrected chi connectivity index (χ3v) is 7.85. The molecule has 1 N–H and O–H groups in total. The Morgan fingerprint density at radius 3 is 2.46 bits per heavy atom. The molecule has 0 radical (unpaired) electrons. The maximum absolute atomic E-state index is 11.7. The fourth-order valence-corrected chi connectivity index (χ4v) is 5.84. The van der Waals surface area contributed by atoms with E-state index in [2.05, 4.69) is 45.3 Å². The van der Waals surface area contributed by atoms with Gasteiger partial charge in [-0.1, -0.05) is 6.07 Å². The number of hydrogen-bond donors (Lipinski definition) is 1. The second-order valence-electron chi connectivity index (χ2n) is 9.05. The summed E-state index contributed by atoms with van der Waals surface area (Å²) in [6.07, 6.45) is 4.39. The van der Waals surface area contributed by atoms with Gasteiger partial charge in [-0.15, -0.1) is 11.3 Å². The van der Waals surface area contributed by atoms with E-state index in [4.69, 9.17) is 9.47 Å². The number of aromatic nitrogens is 1. The molecule has 2 aromatic heterocycles. The molecule has 4 aromatic rings. The van der Waals surface area contributed by atoms with E-state index in [0.717, 1.165) is 43.8 Å². The Bertz CT molecular complexity index is 1320. The van der Waals surface area contributed by atoms with Gasteiger partial charge in [-0.05, 0) is 90.8 Å². The first kappa shape index (κ1) is 23.5.